The Hall–Kier alpha value is -2.33. The summed E-state index contributed by atoms with van der Waals surface area (Å²) in [5.41, 5.74) is 1.90. The summed E-state index contributed by atoms with van der Waals surface area (Å²) in [5, 5.41) is 9.21. The normalized spacial score (nSPS) is 10.3. The van der Waals surface area contributed by atoms with E-state index >= 15 is 0 Å². The van der Waals surface area contributed by atoms with Crippen LogP contribution in [0, 0.1) is 6.92 Å². The minimum absolute atomic E-state index is 0.155. The van der Waals surface area contributed by atoms with Crippen molar-refractivity contribution in [1.82, 2.24) is 0 Å². The second-order valence-corrected chi connectivity index (χ2v) is 4.44. The topological polar surface area (TPSA) is 55.8 Å². The zero-order valence-electron chi connectivity index (χ0n) is 11.4. The third-order valence-electron chi connectivity index (χ3n) is 2.87. The first-order chi connectivity index (χ1) is 9.61. The molecule has 2 aromatic rings. The fraction of sp³-hybridized carbons (Fsp3) is 0.188. The van der Waals surface area contributed by atoms with Gasteiger partial charge < -0.3 is 14.6 Å². The molecule has 0 spiro atoms. The van der Waals surface area contributed by atoms with E-state index in [9.17, 15) is 9.90 Å². The van der Waals surface area contributed by atoms with Gasteiger partial charge in [0.25, 0.3) is 0 Å². The number of rotatable bonds is 5. The van der Waals surface area contributed by atoms with Crippen LogP contribution in [0.4, 0.5) is 0 Å². The molecule has 0 unspecified atom stereocenters. The molecule has 0 amide bonds. The highest BCUT2D eigenvalue weighted by Crippen LogP contribution is 2.29. The van der Waals surface area contributed by atoms with Crippen molar-refractivity contribution in [3.8, 4) is 11.5 Å². The van der Waals surface area contributed by atoms with Gasteiger partial charge in [0.15, 0.2) is 0 Å². The van der Waals surface area contributed by atoms with Crippen LogP contribution in [0.1, 0.15) is 21.5 Å². The summed E-state index contributed by atoms with van der Waals surface area (Å²) >= 11 is 0. The molecule has 2 rings (SSSR count). The lowest BCUT2D eigenvalue weighted by Gasteiger charge is -2.12. The first-order valence-electron chi connectivity index (χ1n) is 6.20. The Morgan fingerprint density at radius 3 is 2.65 bits per heavy atom. The van der Waals surface area contributed by atoms with Gasteiger partial charge in [0, 0.05) is 7.11 Å². The largest absolute Gasteiger partial charge is 0.478 e. The predicted molar refractivity (Wildman–Crippen MR) is 75.4 cm³/mol. The highest BCUT2D eigenvalue weighted by Gasteiger charge is 2.14. The molecular weight excluding hydrogens is 256 g/mol. The van der Waals surface area contributed by atoms with Gasteiger partial charge in [0.2, 0.25) is 0 Å². The molecule has 4 heteroatoms. The van der Waals surface area contributed by atoms with Crippen LogP contribution in [-0.2, 0) is 11.3 Å². The highest BCUT2D eigenvalue weighted by molar-refractivity contribution is 5.91. The third-order valence-corrected chi connectivity index (χ3v) is 2.87. The fourth-order valence-corrected chi connectivity index (χ4v) is 1.94. The van der Waals surface area contributed by atoms with Crippen molar-refractivity contribution in [2.45, 2.75) is 13.5 Å². The molecular formula is C16H16O4. The number of hydrogen-bond donors (Lipinski definition) is 1. The van der Waals surface area contributed by atoms with Gasteiger partial charge in [0.05, 0.1) is 6.61 Å². The van der Waals surface area contributed by atoms with Crippen LogP contribution >= 0.6 is 0 Å². The Morgan fingerprint density at radius 2 is 1.95 bits per heavy atom. The average molecular weight is 272 g/mol. The monoisotopic (exact) mass is 272 g/mol. The second kappa shape index (κ2) is 6.21. The molecule has 0 heterocycles. The van der Waals surface area contributed by atoms with E-state index in [0.717, 1.165) is 11.1 Å². The Balaban J connectivity index is 2.34. The number of aryl methyl sites for hydroxylation is 1. The Kier molecular flexibility index (Phi) is 4.38. The van der Waals surface area contributed by atoms with E-state index in [2.05, 4.69) is 0 Å². The number of carboxylic acids is 1. The van der Waals surface area contributed by atoms with E-state index in [4.69, 9.17) is 9.47 Å². The number of aromatic carboxylic acids is 1. The molecule has 0 aromatic heterocycles. The molecule has 0 aliphatic carbocycles. The molecule has 0 radical (unpaired) electrons. The summed E-state index contributed by atoms with van der Waals surface area (Å²) in [4.78, 5) is 11.2. The van der Waals surface area contributed by atoms with Gasteiger partial charge in [-0.15, -0.1) is 0 Å². The van der Waals surface area contributed by atoms with Crippen molar-refractivity contribution in [1.29, 1.82) is 0 Å². The van der Waals surface area contributed by atoms with Crippen molar-refractivity contribution in [3.05, 3.63) is 59.2 Å². The van der Waals surface area contributed by atoms with Gasteiger partial charge in [-0.3, -0.25) is 0 Å². The Labute approximate surface area is 117 Å². The van der Waals surface area contributed by atoms with E-state index in [1.54, 1.807) is 19.2 Å². The van der Waals surface area contributed by atoms with Gasteiger partial charge in [-0.25, -0.2) is 4.79 Å². The van der Waals surface area contributed by atoms with E-state index in [0.29, 0.717) is 18.1 Å². The van der Waals surface area contributed by atoms with Gasteiger partial charge in [-0.05, 0) is 36.2 Å². The molecule has 0 atom stereocenters. The second-order valence-electron chi connectivity index (χ2n) is 4.44. The maximum absolute atomic E-state index is 11.2. The predicted octanol–water partition coefficient (Wildman–Crippen LogP) is 3.63. The van der Waals surface area contributed by atoms with Crippen LogP contribution in [0.3, 0.4) is 0 Å². The van der Waals surface area contributed by atoms with E-state index in [-0.39, 0.29) is 5.56 Å². The summed E-state index contributed by atoms with van der Waals surface area (Å²) in [6.07, 6.45) is 0. The number of ether oxygens (including phenoxy) is 2. The fourth-order valence-electron chi connectivity index (χ4n) is 1.94. The third kappa shape index (κ3) is 3.16. The number of carbonyl (C=O) groups is 1. The first kappa shape index (κ1) is 14.1. The molecule has 20 heavy (non-hydrogen) atoms. The molecule has 0 fully saturated rings. The average Bonchev–Trinajstić information content (AvgIpc) is 2.41. The molecule has 2 aromatic carbocycles. The van der Waals surface area contributed by atoms with Crippen LogP contribution in [0.15, 0.2) is 42.5 Å². The van der Waals surface area contributed by atoms with Crippen LogP contribution in [0.25, 0.3) is 0 Å². The number of benzene rings is 2. The first-order valence-corrected chi connectivity index (χ1v) is 6.20. The SMILES string of the molecule is COCc1cccc(Oc2c(C)cccc2C(=O)O)c1. The lowest BCUT2D eigenvalue weighted by Crippen LogP contribution is -2.01. The van der Waals surface area contributed by atoms with Crippen molar-refractivity contribution >= 4 is 5.97 Å². The van der Waals surface area contributed by atoms with Crippen molar-refractivity contribution in [2.24, 2.45) is 0 Å². The smallest absolute Gasteiger partial charge is 0.339 e. The zero-order valence-corrected chi connectivity index (χ0v) is 11.4. The Morgan fingerprint density at radius 1 is 1.20 bits per heavy atom. The van der Waals surface area contributed by atoms with E-state index in [1.165, 1.54) is 6.07 Å². The van der Waals surface area contributed by atoms with Gasteiger partial charge in [-0.2, -0.15) is 0 Å². The molecule has 0 saturated heterocycles. The summed E-state index contributed by atoms with van der Waals surface area (Å²) in [7, 11) is 1.62. The van der Waals surface area contributed by atoms with Crippen LogP contribution < -0.4 is 4.74 Å². The van der Waals surface area contributed by atoms with Crippen LogP contribution in [0.2, 0.25) is 0 Å². The van der Waals surface area contributed by atoms with E-state index in [1.807, 2.05) is 31.2 Å². The lowest BCUT2D eigenvalue weighted by atomic mass is 10.1. The number of methoxy groups -OCH3 is 1. The summed E-state index contributed by atoms with van der Waals surface area (Å²) in [6.45, 7) is 2.30. The maximum Gasteiger partial charge on any atom is 0.339 e. The quantitative estimate of drug-likeness (QED) is 0.903. The maximum atomic E-state index is 11.2. The number of carboxylic acid groups (broad SMARTS) is 1. The minimum atomic E-state index is -1.00. The van der Waals surface area contributed by atoms with Crippen molar-refractivity contribution in [2.75, 3.05) is 7.11 Å². The highest BCUT2D eigenvalue weighted by atomic mass is 16.5. The Bertz CT molecular complexity index is 620. The molecule has 104 valence electrons. The molecule has 1 N–H and O–H groups in total. The summed E-state index contributed by atoms with van der Waals surface area (Å²) < 4.78 is 10.8. The lowest BCUT2D eigenvalue weighted by molar-refractivity contribution is 0.0694. The number of para-hydroxylation sites is 1. The van der Waals surface area contributed by atoms with Crippen molar-refractivity contribution < 1.29 is 19.4 Å². The molecule has 0 saturated carbocycles. The van der Waals surface area contributed by atoms with E-state index < -0.39 is 5.97 Å². The zero-order chi connectivity index (χ0) is 14.5. The molecule has 0 bridgehead atoms. The van der Waals surface area contributed by atoms with Crippen molar-refractivity contribution in [3.63, 3.8) is 0 Å². The van der Waals surface area contributed by atoms with Crippen LogP contribution in [0.5, 0.6) is 11.5 Å². The van der Waals surface area contributed by atoms with Gasteiger partial charge >= 0.3 is 5.97 Å². The number of hydrogen-bond acceptors (Lipinski definition) is 3. The van der Waals surface area contributed by atoms with Gasteiger partial charge in [-0.1, -0.05) is 24.3 Å². The van der Waals surface area contributed by atoms with Crippen LogP contribution in [-0.4, -0.2) is 18.2 Å². The van der Waals surface area contributed by atoms with Gasteiger partial charge in [0.1, 0.15) is 17.1 Å². The minimum Gasteiger partial charge on any atom is -0.478 e. The molecule has 4 nitrogen and oxygen atoms in total. The summed E-state index contributed by atoms with van der Waals surface area (Å²) in [6, 6.07) is 12.4. The summed E-state index contributed by atoms with van der Waals surface area (Å²) in [5.74, 6) is -0.0392. The molecule has 0 aliphatic rings. The standard InChI is InChI=1S/C16H16O4/c1-11-5-3-8-14(16(17)18)15(11)20-13-7-4-6-12(9-13)10-19-2/h3-9H,10H2,1-2H3,(H,17,18). The molecule has 0 aliphatic heterocycles.